The molecule has 4 aromatic rings. The molecule has 0 atom stereocenters. The fourth-order valence-corrected chi connectivity index (χ4v) is 4.83. The van der Waals surface area contributed by atoms with Crippen molar-refractivity contribution in [2.45, 2.75) is 53.1 Å². The normalized spacial score (nSPS) is 14.9. The lowest BCUT2D eigenvalue weighted by Gasteiger charge is -2.19. The van der Waals surface area contributed by atoms with E-state index >= 15 is 0 Å². The van der Waals surface area contributed by atoms with Crippen LogP contribution in [-0.4, -0.2) is 25.4 Å². The molecule has 0 spiro atoms. The molecule has 6 heteroatoms. The first kappa shape index (κ1) is 18.2. The van der Waals surface area contributed by atoms with Crippen molar-refractivity contribution >= 4 is 47.7 Å². The van der Waals surface area contributed by atoms with Gasteiger partial charge in [-0.05, 0) is 58.2 Å². The molecular weight excluding hydrogens is 560 g/mol. The quantitative estimate of drug-likeness (QED) is 0.171. The summed E-state index contributed by atoms with van der Waals surface area (Å²) in [7, 11) is -2.66. The van der Waals surface area contributed by atoms with Gasteiger partial charge in [0.1, 0.15) is 7.38 Å². The maximum absolute atomic E-state index is 8.02. The van der Waals surface area contributed by atoms with Crippen molar-refractivity contribution in [2.24, 2.45) is 0 Å². The third-order valence-corrected chi connectivity index (χ3v) is 7.45. The minimum absolute atomic E-state index is 0.126. The summed E-state index contributed by atoms with van der Waals surface area (Å²) in [6.45, 7) is 16.8. The molecule has 0 aliphatic heterocycles. The molecule has 190 valence electrons. The van der Waals surface area contributed by atoms with Crippen LogP contribution >= 0.6 is 27.0 Å². The van der Waals surface area contributed by atoms with Gasteiger partial charge in [0.15, 0.2) is 0 Å². The molecule has 0 aliphatic rings. The van der Waals surface area contributed by atoms with Crippen molar-refractivity contribution in [1.29, 1.82) is 0 Å². The van der Waals surface area contributed by atoms with Crippen LogP contribution in [0.2, 0.25) is 39.3 Å². The molecule has 0 bridgehead atoms. The van der Waals surface area contributed by atoms with E-state index in [0.717, 1.165) is 15.6 Å². The highest BCUT2D eigenvalue weighted by Crippen LogP contribution is 2.22. The highest BCUT2D eigenvalue weighted by molar-refractivity contribution is 9.10. The van der Waals surface area contributed by atoms with Crippen LogP contribution in [0.4, 0.5) is 0 Å². The molecule has 0 aliphatic carbocycles. The third kappa shape index (κ3) is 10.5. The second kappa shape index (κ2) is 13.5. The van der Waals surface area contributed by atoms with E-state index in [9.17, 15) is 0 Å². The average Bonchev–Trinajstić information content (AvgIpc) is 2.94. The van der Waals surface area contributed by atoms with Gasteiger partial charge in [-0.2, -0.15) is 11.1 Å². The summed E-state index contributed by atoms with van der Waals surface area (Å²) < 4.78 is 78.6. The molecule has 2 aromatic carbocycles. The van der Waals surface area contributed by atoms with Crippen molar-refractivity contribution in [3.05, 3.63) is 101 Å². The average molecular weight is 608 g/mol. The molecule has 0 fully saturated rings. The Morgan fingerprint density at radius 1 is 0.694 bits per heavy atom. The van der Waals surface area contributed by atoms with Gasteiger partial charge in [0.05, 0.1) is 33.2 Å². The van der Waals surface area contributed by atoms with Crippen molar-refractivity contribution in [1.82, 2.24) is 9.97 Å². The summed E-state index contributed by atoms with van der Waals surface area (Å²) >= 11 is 8.99. The molecule has 0 N–H and O–H groups in total. The number of rotatable bonds is 3. The number of pyridine rings is 2. The first-order valence-electron chi connectivity index (χ1n) is 16.3. The van der Waals surface area contributed by atoms with E-state index in [1.165, 1.54) is 5.19 Å². The highest BCUT2D eigenvalue weighted by atomic mass is 79.9. The number of aryl methyl sites for hydroxylation is 2. The second-order valence-corrected chi connectivity index (χ2v) is 23.4. The Hall–Kier alpha value is -2.06. The predicted octanol–water partition coefficient (Wildman–Crippen LogP) is 9.48. The zero-order valence-corrected chi connectivity index (χ0v) is 26.3. The lowest BCUT2D eigenvalue weighted by atomic mass is 10.1. The lowest BCUT2D eigenvalue weighted by Crippen LogP contribution is -2.39. The van der Waals surface area contributed by atoms with E-state index in [1.54, 1.807) is 18.5 Å². The van der Waals surface area contributed by atoms with E-state index in [-0.39, 0.29) is 65.5 Å². The summed E-state index contributed by atoms with van der Waals surface area (Å²) in [5.74, 6) is 0. The molecule has 36 heavy (non-hydrogen) atoms. The van der Waals surface area contributed by atoms with E-state index in [2.05, 4.69) is 65.2 Å². The Labute approximate surface area is 247 Å². The summed E-state index contributed by atoms with van der Waals surface area (Å²) in [6, 6.07) is 0.491. The summed E-state index contributed by atoms with van der Waals surface area (Å²) in [5.41, 5.74) is 3.03. The maximum atomic E-state index is 8.02. The highest BCUT2D eigenvalue weighted by Gasteiger charge is 2.19. The van der Waals surface area contributed by atoms with Gasteiger partial charge in [0.2, 0.25) is 0 Å². The SMILES string of the molecule is C[Si](C)(C)Cl.[2H]c1c([2H])c([2H])c(-c2cc(C)c(Br)cn2)c([2H])c1[2H].[2H]c1c([2H])c([2H])c(-c2cc(C)c([Si](C)(C)C)cn2)c([2H])c1[2H]. The Bertz CT molecular complexity index is 1710. The Morgan fingerprint density at radius 2 is 1.08 bits per heavy atom. The van der Waals surface area contributed by atoms with Crippen LogP contribution in [0.1, 0.15) is 24.8 Å². The fraction of sp³-hybridized carbons (Fsp3) is 0.267. The number of hydrogen-bond acceptors (Lipinski definition) is 2. The molecule has 0 saturated carbocycles. The van der Waals surface area contributed by atoms with Crippen LogP contribution in [-0.2, 0) is 0 Å². The standard InChI is InChI=1S/C15H19NSi.C12H10BrN.C3H9ClSi/c1-12-10-14(13-8-6-5-7-9-13)16-11-15(12)17(2,3)4;1-9-7-12(14-8-11(9)13)10-5-3-2-4-6-10;1-5(2,3)4/h5-11H,1-4H3;2-8H,1H3;1-3H3/i5D,6D,7D,8D,9D;2D,3D,4D,5D,6D;. The minimum atomic E-state index is -1.52. The number of hydrogen-bond donors (Lipinski definition) is 0. The number of aromatic nitrogens is 2. The van der Waals surface area contributed by atoms with E-state index in [0.29, 0.717) is 11.4 Å². The minimum Gasteiger partial charge on any atom is -0.256 e. The molecule has 0 amide bonds. The van der Waals surface area contributed by atoms with Crippen molar-refractivity contribution in [3.63, 3.8) is 0 Å². The van der Waals surface area contributed by atoms with Gasteiger partial charge >= 0.3 is 0 Å². The van der Waals surface area contributed by atoms with Gasteiger partial charge in [-0.25, -0.2) is 0 Å². The van der Waals surface area contributed by atoms with Gasteiger partial charge in [-0.1, -0.05) is 99.7 Å². The van der Waals surface area contributed by atoms with Gasteiger partial charge in [0.25, 0.3) is 0 Å². The zero-order valence-electron chi connectivity index (χ0n) is 32.0. The van der Waals surface area contributed by atoms with Crippen LogP contribution < -0.4 is 5.19 Å². The zero-order chi connectivity index (χ0) is 35.6. The van der Waals surface area contributed by atoms with Gasteiger partial charge in [0, 0.05) is 28.0 Å². The lowest BCUT2D eigenvalue weighted by molar-refractivity contribution is 1.26. The van der Waals surface area contributed by atoms with E-state index in [1.807, 2.05) is 19.9 Å². The van der Waals surface area contributed by atoms with Gasteiger partial charge < -0.3 is 0 Å². The molecule has 0 radical (unpaired) electrons. The first-order valence-corrected chi connectivity index (χ1v) is 20.1. The Kier molecular flexibility index (Phi) is 6.83. The number of nitrogens with zero attached hydrogens (tertiary/aromatic N) is 2. The van der Waals surface area contributed by atoms with Crippen LogP contribution in [0, 0.1) is 13.8 Å². The van der Waals surface area contributed by atoms with Crippen LogP contribution in [0.5, 0.6) is 0 Å². The fourth-order valence-electron chi connectivity index (χ4n) is 2.91. The molecule has 0 saturated heterocycles. The van der Waals surface area contributed by atoms with Gasteiger partial charge in [-0.15, -0.1) is 0 Å². The van der Waals surface area contributed by atoms with E-state index < -0.39 is 21.5 Å². The smallest absolute Gasteiger partial charge is 0.147 e. The van der Waals surface area contributed by atoms with Crippen LogP contribution in [0.15, 0.2) is 89.4 Å². The predicted molar refractivity (Wildman–Crippen MR) is 169 cm³/mol. The van der Waals surface area contributed by atoms with Crippen LogP contribution in [0.3, 0.4) is 0 Å². The first-order chi connectivity index (χ1) is 20.9. The molecule has 0 unspecified atom stereocenters. The molecule has 4 rings (SSSR count). The Morgan fingerprint density at radius 3 is 1.44 bits per heavy atom. The summed E-state index contributed by atoms with van der Waals surface area (Å²) in [6.07, 6.45) is 3.35. The second-order valence-electron chi connectivity index (χ2n) is 10.0. The van der Waals surface area contributed by atoms with Crippen molar-refractivity contribution in [2.75, 3.05) is 0 Å². The number of benzene rings is 2. The molecular formula is C30H38BrClN2Si2. The third-order valence-electron chi connectivity index (χ3n) is 4.48. The van der Waals surface area contributed by atoms with Crippen LogP contribution in [0.25, 0.3) is 22.5 Å². The summed E-state index contributed by atoms with van der Waals surface area (Å²) in [5, 5.41) is 1.21. The van der Waals surface area contributed by atoms with Gasteiger partial charge in [-0.3, -0.25) is 9.97 Å². The maximum Gasteiger partial charge on any atom is 0.147 e. The topological polar surface area (TPSA) is 25.8 Å². The largest absolute Gasteiger partial charge is 0.256 e. The van der Waals surface area contributed by atoms with Crippen molar-refractivity contribution < 1.29 is 13.7 Å². The molecule has 2 nitrogen and oxygen atoms in total. The van der Waals surface area contributed by atoms with E-state index in [4.69, 9.17) is 24.8 Å². The molecule has 2 aromatic heterocycles. The molecule has 2 heterocycles. The Balaban J connectivity index is 0.000000281. The monoisotopic (exact) mass is 606 g/mol. The van der Waals surface area contributed by atoms with Crippen molar-refractivity contribution in [3.8, 4) is 22.5 Å². The summed E-state index contributed by atoms with van der Waals surface area (Å²) in [4.78, 5) is 8.50. The number of halogens is 2.